The lowest BCUT2D eigenvalue weighted by atomic mass is 10.1. The third-order valence-electron chi connectivity index (χ3n) is 2.49. The number of nitrogens with one attached hydrogen (secondary N) is 1. The van der Waals surface area contributed by atoms with Crippen LogP contribution in [-0.4, -0.2) is 43.5 Å². The molecule has 0 saturated carbocycles. The predicted octanol–water partition coefficient (Wildman–Crippen LogP) is 0.664. The molecule has 1 rings (SSSR count). The van der Waals surface area contributed by atoms with E-state index in [-0.39, 0.29) is 6.10 Å². The number of aldehydes is 1. The second-order valence-corrected chi connectivity index (χ2v) is 5.08. The van der Waals surface area contributed by atoms with Crippen molar-refractivity contribution in [3.63, 3.8) is 0 Å². The van der Waals surface area contributed by atoms with Crippen molar-refractivity contribution in [2.24, 2.45) is 0 Å². The van der Waals surface area contributed by atoms with E-state index in [0.717, 1.165) is 32.2 Å². The topological polar surface area (TPSA) is 58.6 Å². The monoisotopic (exact) mass is 234 g/mol. The largest absolute Gasteiger partial charge is 0.316 e. The zero-order valence-corrected chi connectivity index (χ0v) is 10.2. The van der Waals surface area contributed by atoms with Crippen LogP contribution in [0.3, 0.4) is 0 Å². The van der Waals surface area contributed by atoms with E-state index >= 15 is 0 Å². The van der Waals surface area contributed by atoms with Gasteiger partial charge in [0.25, 0.3) is 8.18 Å². The first-order valence-electron chi connectivity index (χ1n) is 5.23. The highest BCUT2D eigenvalue weighted by Gasteiger charge is 2.19. The molecule has 1 N–H and O–H groups in total. The van der Waals surface area contributed by atoms with Gasteiger partial charge in [-0.05, 0) is 26.8 Å². The number of piperidine rings is 1. The third kappa shape index (κ3) is 4.89. The summed E-state index contributed by atoms with van der Waals surface area (Å²) in [6.45, 7) is 3.61. The maximum Gasteiger partial charge on any atom is 0.259 e. The standard InChI is InChI=1S/C9H19N2O3P/c1-8(7-12)10-15(13)14-9-3-5-11(2)6-4-9/h7-9,15H,3-6H2,1-2H3,(H,10,13). The number of carbonyl (C=O) groups is 1. The minimum Gasteiger partial charge on any atom is -0.316 e. The van der Waals surface area contributed by atoms with Crippen LogP contribution >= 0.6 is 8.18 Å². The van der Waals surface area contributed by atoms with Gasteiger partial charge in [0.15, 0.2) is 0 Å². The van der Waals surface area contributed by atoms with Gasteiger partial charge in [-0.2, -0.15) is 0 Å². The van der Waals surface area contributed by atoms with E-state index in [1.807, 2.05) is 0 Å². The Hall–Kier alpha value is -0.220. The van der Waals surface area contributed by atoms with Gasteiger partial charge in [-0.15, -0.1) is 0 Å². The van der Waals surface area contributed by atoms with Crippen LogP contribution in [0.2, 0.25) is 0 Å². The highest BCUT2D eigenvalue weighted by atomic mass is 31.1. The molecular weight excluding hydrogens is 215 g/mol. The number of likely N-dealkylation sites (tertiary alicyclic amines) is 1. The van der Waals surface area contributed by atoms with Gasteiger partial charge in [-0.3, -0.25) is 4.57 Å². The van der Waals surface area contributed by atoms with E-state index in [9.17, 15) is 9.36 Å². The fraction of sp³-hybridized carbons (Fsp3) is 0.889. The van der Waals surface area contributed by atoms with Crippen molar-refractivity contribution in [1.29, 1.82) is 0 Å². The summed E-state index contributed by atoms with van der Waals surface area (Å²) >= 11 is 0. The molecule has 0 radical (unpaired) electrons. The van der Waals surface area contributed by atoms with E-state index in [2.05, 4.69) is 17.0 Å². The van der Waals surface area contributed by atoms with Crippen LogP contribution in [0.1, 0.15) is 19.8 Å². The van der Waals surface area contributed by atoms with Crippen LogP contribution in [0.4, 0.5) is 0 Å². The van der Waals surface area contributed by atoms with Crippen LogP contribution in [0.25, 0.3) is 0 Å². The number of hydrogen-bond acceptors (Lipinski definition) is 4. The normalized spacial score (nSPS) is 23.6. The number of nitrogens with zero attached hydrogens (tertiary/aromatic N) is 1. The summed E-state index contributed by atoms with van der Waals surface area (Å²) in [6, 6.07) is -0.400. The quantitative estimate of drug-likeness (QED) is 0.559. The molecule has 1 fully saturated rings. The van der Waals surface area contributed by atoms with Gasteiger partial charge >= 0.3 is 0 Å². The zero-order chi connectivity index (χ0) is 11.3. The Morgan fingerprint density at radius 2 is 2.13 bits per heavy atom. The molecule has 1 heterocycles. The first-order chi connectivity index (χ1) is 7.11. The van der Waals surface area contributed by atoms with E-state index in [1.165, 1.54) is 0 Å². The van der Waals surface area contributed by atoms with Gasteiger partial charge in [-0.1, -0.05) is 0 Å². The molecule has 0 aromatic rings. The molecule has 0 amide bonds. The minimum atomic E-state index is -2.27. The molecule has 1 aliphatic heterocycles. The zero-order valence-electron chi connectivity index (χ0n) is 9.23. The highest BCUT2D eigenvalue weighted by molar-refractivity contribution is 7.36. The molecular formula is C9H19N2O3P. The van der Waals surface area contributed by atoms with Crippen LogP contribution in [-0.2, 0) is 13.9 Å². The fourth-order valence-electron chi connectivity index (χ4n) is 1.51. The highest BCUT2D eigenvalue weighted by Crippen LogP contribution is 2.25. The van der Waals surface area contributed by atoms with Crippen molar-refractivity contribution in [1.82, 2.24) is 9.99 Å². The molecule has 0 aliphatic carbocycles. The molecule has 6 heteroatoms. The predicted molar refractivity (Wildman–Crippen MR) is 59.3 cm³/mol. The summed E-state index contributed by atoms with van der Waals surface area (Å²) < 4.78 is 16.8. The Balaban J connectivity index is 2.23. The lowest BCUT2D eigenvalue weighted by molar-refractivity contribution is -0.108. The smallest absolute Gasteiger partial charge is 0.259 e. The Morgan fingerprint density at radius 3 is 2.67 bits per heavy atom. The Bertz CT molecular complexity index is 229. The summed E-state index contributed by atoms with van der Waals surface area (Å²) in [4.78, 5) is 12.5. The van der Waals surface area contributed by atoms with Crippen LogP contribution in [0.5, 0.6) is 0 Å². The molecule has 1 aliphatic rings. The molecule has 0 aromatic heterocycles. The van der Waals surface area contributed by atoms with Crippen molar-refractivity contribution in [3.05, 3.63) is 0 Å². The summed E-state index contributed by atoms with van der Waals surface area (Å²) in [5.74, 6) is 0. The summed E-state index contributed by atoms with van der Waals surface area (Å²) in [6.07, 6.45) is 2.60. The van der Waals surface area contributed by atoms with Gasteiger partial charge in [0.05, 0.1) is 12.1 Å². The average molecular weight is 234 g/mol. The van der Waals surface area contributed by atoms with E-state index < -0.39 is 14.2 Å². The van der Waals surface area contributed by atoms with Crippen molar-refractivity contribution in [2.75, 3.05) is 20.1 Å². The lowest BCUT2D eigenvalue weighted by Crippen LogP contribution is -2.34. The van der Waals surface area contributed by atoms with Crippen molar-refractivity contribution < 1.29 is 13.9 Å². The van der Waals surface area contributed by atoms with Crippen molar-refractivity contribution in [2.45, 2.75) is 31.9 Å². The second-order valence-electron chi connectivity index (χ2n) is 3.98. The van der Waals surface area contributed by atoms with Crippen molar-refractivity contribution in [3.8, 4) is 0 Å². The number of rotatable bonds is 5. The minimum absolute atomic E-state index is 0.0685. The lowest BCUT2D eigenvalue weighted by Gasteiger charge is -2.28. The van der Waals surface area contributed by atoms with E-state index in [4.69, 9.17) is 4.52 Å². The van der Waals surface area contributed by atoms with Gasteiger partial charge < -0.3 is 14.2 Å². The first kappa shape index (κ1) is 12.8. The molecule has 15 heavy (non-hydrogen) atoms. The number of hydrogen-bond donors (Lipinski definition) is 1. The van der Waals surface area contributed by atoms with Crippen LogP contribution in [0, 0.1) is 0 Å². The van der Waals surface area contributed by atoms with Gasteiger partial charge in [0, 0.05) is 13.1 Å². The third-order valence-corrected chi connectivity index (χ3v) is 3.73. The molecule has 0 bridgehead atoms. The Labute approximate surface area is 91.1 Å². The molecule has 5 nitrogen and oxygen atoms in total. The van der Waals surface area contributed by atoms with Gasteiger partial charge in [0.2, 0.25) is 0 Å². The summed E-state index contributed by atoms with van der Waals surface area (Å²) in [5.41, 5.74) is 0. The SMILES string of the molecule is CC(C=O)N[PH](=O)OC1CCN(C)CC1. The van der Waals surface area contributed by atoms with Crippen LogP contribution in [0.15, 0.2) is 0 Å². The maximum absolute atomic E-state index is 11.4. The van der Waals surface area contributed by atoms with Crippen molar-refractivity contribution >= 4 is 14.5 Å². The molecule has 88 valence electrons. The number of carbonyl (C=O) groups excluding carboxylic acids is 1. The van der Waals surface area contributed by atoms with E-state index in [1.54, 1.807) is 6.92 Å². The Morgan fingerprint density at radius 1 is 1.53 bits per heavy atom. The van der Waals surface area contributed by atoms with Gasteiger partial charge in [0.1, 0.15) is 6.29 Å². The summed E-state index contributed by atoms with van der Waals surface area (Å²) in [5, 5.41) is 2.63. The molecule has 1 saturated heterocycles. The van der Waals surface area contributed by atoms with Crippen LogP contribution < -0.4 is 5.09 Å². The molecule has 0 aromatic carbocycles. The molecule has 2 unspecified atom stereocenters. The first-order valence-corrected chi connectivity index (χ1v) is 6.54. The van der Waals surface area contributed by atoms with E-state index in [0.29, 0.717) is 0 Å². The second kappa shape index (κ2) is 6.38. The molecule has 0 spiro atoms. The molecule has 2 atom stereocenters. The maximum atomic E-state index is 11.4. The average Bonchev–Trinajstić information content (AvgIpc) is 2.21. The Kier molecular flexibility index (Phi) is 5.47. The summed E-state index contributed by atoms with van der Waals surface area (Å²) in [7, 11) is -0.205. The fourth-order valence-corrected chi connectivity index (χ4v) is 2.55. The van der Waals surface area contributed by atoms with Gasteiger partial charge in [-0.25, -0.2) is 5.09 Å².